The van der Waals surface area contributed by atoms with Crippen molar-refractivity contribution in [1.82, 2.24) is 0 Å². The zero-order valence-electron chi connectivity index (χ0n) is 10.8. The second-order valence-electron chi connectivity index (χ2n) is 5.39. The maximum absolute atomic E-state index is 13.1. The fourth-order valence-corrected chi connectivity index (χ4v) is 4.55. The summed E-state index contributed by atoms with van der Waals surface area (Å²) in [4.78, 5) is 0.120. The van der Waals surface area contributed by atoms with Gasteiger partial charge in [0.2, 0.25) is 0 Å². The quantitative estimate of drug-likeness (QED) is 0.825. The molecule has 4 heteroatoms. The van der Waals surface area contributed by atoms with Crippen molar-refractivity contribution in [2.75, 3.05) is 0 Å². The van der Waals surface area contributed by atoms with Gasteiger partial charge in [-0.2, -0.15) is 0 Å². The van der Waals surface area contributed by atoms with Crippen LogP contribution in [0, 0.1) is 17.7 Å². The molecule has 2 rings (SSSR count). The molecule has 3 atom stereocenters. The van der Waals surface area contributed by atoms with Crippen molar-refractivity contribution >= 4 is 9.84 Å². The maximum Gasteiger partial charge on any atom is 0.181 e. The van der Waals surface area contributed by atoms with Crippen molar-refractivity contribution in [2.45, 2.75) is 43.3 Å². The van der Waals surface area contributed by atoms with Crippen LogP contribution in [0.25, 0.3) is 0 Å². The van der Waals surface area contributed by atoms with E-state index in [1.165, 1.54) is 18.2 Å². The van der Waals surface area contributed by atoms with Crippen LogP contribution in [0.3, 0.4) is 0 Å². The molecule has 0 amide bonds. The van der Waals surface area contributed by atoms with Gasteiger partial charge >= 0.3 is 0 Å². The summed E-state index contributed by atoms with van der Waals surface area (Å²) < 4.78 is 38.0. The molecule has 0 spiro atoms. The molecule has 0 saturated heterocycles. The first-order chi connectivity index (χ1) is 8.41. The summed E-state index contributed by atoms with van der Waals surface area (Å²) in [5, 5.41) is -0.356. The second kappa shape index (κ2) is 5.00. The van der Waals surface area contributed by atoms with E-state index in [2.05, 4.69) is 13.8 Å². The summed E-state index contributed by atoms with van der Waals surface area (Å²) in [7, 11) is -3.38. The molecule has 1 aliphatic carbocycles. The van der Waals surface area contributed by atoms with E-state index in [-0.39, 0.29) is 10.1 Å². The van der Waals surface area contributed by atoms with E-state index in [9.17, 15) is 12.8 Å². The average molecular weight is 270 g/mol. The van der Waals surface area contributed by atoms with E-state index in [0.717, 1.165) is 12.5 Å². The number of benzene rings is 1. The molecule has 2 nitrogen and oxygen atoms in total. The first kappa shape index (κ1) is 13.5. The fraction of sp³-hybridized carbons (Fsp3) is 0.571. The Kier molecular flexibility index (Phi) is 3.76. The first-order valence-corrected chi connectivity index (χ1v) is 7.95. The van der Waals surface area contributed by atoms with Crippen molar-refractivity contribution in [3.63, 3.8) is 0 Å². The minimum absolute atomic E-state index is 0.120. The average Bonchev–Trinajstić information content (AvgIpc) is 2.32. The number of hydrogen-bond donors (Lipinski definition) is 0. The second-order valence-corrected chi connectivity index (χ2v) is 7.62. The van der Waals surface area contributed by atoms with Crippen LogP contribution < -0.4 is 0 Å². The molecule has 1 fully saturated rings. The molecule has 3 unspecified atom stereocenters. The highest BCUT2D eigenvalue weighted by Gasteiger charge is 2.34. The van der Waals surface area contributed by atoms with E-state index in [1.54, 1.807) is 0 Å². The van der Waals surface area contributed by atoms with Gasteiger partial charge in [0.15, 0.2) is 9.84 Å². The highest BCUT2D eigenvalue weighted by Crippen LogP contribution is 2.35. The summed E-state index contributed by atoms with van der Waals surface area (Å²) in [5.74, 6) is 0.490. The van der Waals surface area contributed by atoms with Gasteiger partial charge in [-0.25, -0.2) is 12.8 Å². The Bertz CT molecular complexity index is 524. The molecule has 0 bridgehead atoms. The van der Waals surface area contributed by atoms with Gasteiger partial charge in [0.05, 0.1) is 10.1 Å². The fourth-order valence-electron chi connectivity index (χ4n) is 2.62. The smallest absolute Gasteiger partial charge is 0.181 e. The lowest BCUT2D eigenvalue weighted by atomic mass is 9.81. The molecule has 1 aliphatic rings. The summed E-state index contributed by atoms with van der Waals surface area (Å²) in [6, 6.07) is 5.33. The van der Waals surface area contributed by atoms with Gasteiger partial charge in [0.25, 0.3) is 0 Å². The van der Waals surface area contributed by atoms with E-state index < -0.39 is 15.7 Å². The van der Waals surface area contributed by atoms with Gasteiger partial charge in [-0.3, -0.25) is 0 Å². The number of halogens is 1. The Morgan fingerprint density at radius 1 is 1.17 bits per heavy atom. The minimum Gasteiger partial charge on any atom is -0.223 e. The minimum atomic E-state index is -3.38. The van der Waals surface area contributed by atoms with E-state index >= 15 is 0 Å². The highest BCUT2D eigenvalue weighted by molar-refractivity contribution is 7.92. The van der Waals surface area contributed by atoms with E-state index in [1.807, 2.05) is 0 Å². The molecule has 0 aromatic heterocycles. The van der Waals surface area contributed by atoms with Crippen LogP contribution in [-0.4, -0.2) is 13.7 Å². The van der Waals surface area contributed by atoms with Crippen LogP contribution in [-0.2, 0) is 9.84 Å². The van der Waals surface area contributed by atoms with Crippen LogP contribution in [0.4, 0.5) is 4.39 Å². The summed E-state index contributed by atoms with van der Waals surface area (Å²) >= 11 is 0. The maximum atomic E-state index is 13.1. The SMILES string of the molecule is CC1CCC(S(=O)(=O)c2cccc(F)c2)CC1C. The Labute approximate surface area is 108 Å². The third kappa shape index (κ3) is 2.58. The molecule has 1 saturated carbocycles. The number of sulfone groups is 1. The zero-order chi connectivity index (χ0) is 13.3. The lowest BCUT2D eigenvalue weighted by Gasteiger charge is -2.31. The topological polar surface area (TPSA) is 34.1 Å². The van der Waals surface area contributed by atoms with E-state index in [4.69, 9.17) is 0 Å². The van der Waals surface area contributed by atoms with Crippen molar-refractivity contribution < 1.29 is 12.8 Å². The lowest BCUT2D eigenvalue weighted by molar-refractivity contribution is 0.278. The van der Waals surface area contributed by atoms with Gasteiger partial charge in [-0.15, -0.1) is 0 Å². The predicted octanol–water partition coefficient (Wildman–Crippen LogP) is 3.42. The predicted molar refractivity (Wildman–Crippen MR) is 69.6 cm³/mol. The number of hydrogen-bond acceptors (Lipinski definition) is 2. The van der Waals surface area contributed by atoms with Gasteiger partial charge in [-0.05, 0) is 49.3 Å². The van der Waals surface area contributed by atoms with Gasteiger partial charge in [0, 0.05) is 0 Å². The summed E-state index contributed by atoms with van der Waals surface area (Å²) in [5.41, 5.74) is 0. The molecular formula is C14H19FO2S. The van der Waals surface area contributed by atoms with Crippen LogP contribution in [0.2, 0.25) is 0 Å². The van der Waals surface area contributed by atoms with Crippen molar-refractivity contribution in [3.05, 3.63) is 30.1 Å². The highest BCUT2D eigenvalue weighted by atomic mass is 32.2. The van der Waals surface area contributed by atoms with Gasteiger partial charge in [-0.1, -0.05) is 19.9 Å². The number of rotatable bonds is 2. The zero-order valence-corrected chi connectivity index (χ0v) is 11.6. The molecule has 100 valence electrons. The monoisotopic (exact) mass is 270 g/mol. The Morgan fingerprint density at radius 2 is 1.89 bits per heavy atom. The molecule has 1 aromatic carbocycles. The largest absolute Gasteiger partial charge is 0.223 e. The molecule has 1 aromatic rings. The van der Waals surface area contributed by atoms with Crippen LogP contribution in [0.15, 0.2) is 29.2 Å². The van der Waals surface area contributed by atoms with Crippen molar-refractivity contribution in [2.24, 2.45) is 11.8 Å². The van der Waals surface area contributed by atoms with E-state index in [0.29, 0.717) is 24.7 Å². The molecular weight excluding hydrogens is 251 g/mol. The Balaban J connectivity index is 2.27. The third-order valence-corrected chi connectivity index (χ3v) is 6.33. The molecule has 0 radical (unpaired) electrons. The van der Waals surface area contributed by atoms with Gasteiger partial charge < -0.3 is 0 Å². The van der Waals surface area contributed by atoms with Crippen LogP contribution in [0.1, 0.15) is 33.1 Å². The normalized spacial score (nSPS) is 29.2. The molecule has 0 heterocycles. The van der Waals surface area contributed by atoms with Crippen molar-refractivity contribution in [3.8, 4) is 0 Å². The Hall–Kier alpha value is -0.900. The lowest BCUT2D eigenvalue weighted by Crippen LogP contribution is -2.31. The first-order valence-electron chi connectivity index (χ1n) is 6.40. The van der Waals surface area contributed by atoms with Gasteiger partial charge in [0.1, 0.15) is 5.82 Å². The standard InChI is InChI=1S/C14H19FO2S/c1-10-6-7-14(8-11(10)2)18(16,17)13-5-3-4-12(15)9-13/h3-5,9-11,14H,6-8H2,1-2H3. The third-order valence-electron chi connectivity index (χ3n) is 4.11. The summed E-state index contributed by atoms with van der Waals surface area (Å²) in [6.07, 6.45) is 2.30. The van der Waals surface area contributed by atoms with Crippen LogP contribution >= 0.6 is 0 Å². The molecule has 0 aliphatic heterocycles. The molecule has 18 heavy (non-hydrogen) atoms. The Morgan fingerprint density at radius 3 is 2.50 bits per heavy atom. The van der Waals surface area contributed by atoms with Crippen LogP contribution in [0.5, 0.6) is 0 Å². The van der Waals surface area contributed by atoms with Crippen molar-refractivity contribution in [1.29, 1.82) is 0 Å². The molecule has 0 N–H and O–H groups in total. The summed E-state index contributed by atoms with van der Waals surface area (Å²) in [6.45, 7) is 4.26.